The highest BCUT2D eigenvalue weighted by Gasteiger charge is 2.16. The highest BCUT2D eigenvalue weighted by atomic mass is 32.2. The molecule has 2 aromatic carbocycles. The van der Waals surface area contributed by atoms with E-state index in [0.29, 0.717) is 11.4 Å². The van der Waals surface area contributed by atoms with Gasteiger partial charge in [0.15, 0.2) is 0 Å². The summed E-state index contributed by atoms with van der Waals surface area (Å²) in [6.45, 7) is 1.81. The molecule has 0 saturated heterocycles. The van der Waals surface area contributed by atoms with Crippen molar-refractivity contribution in [1.29, 1.82) is 0 Å². The molecule has 4 rings (SSSR count). The van der Waals surface area contributed by atoms with Gasteiger partial charge in [-0.25, -0.2) is 13.4 Å². The number of anilines is 1. The average molecular weight is 438 g/mol. The van der Waals surface area contributed by atoms with Crippen molar-refractivity contribution in [2.75, 3.05) is 11.8 Å². The van der Waals surface area contributed by atoms with Crippen molar-refractivity contribution in [3.63, 3.8) is 0 Å². The van der Waals surface area contributed by atoms with Gasteiger partial charge in [-0.15, -0.1) is 11.3 Å². The van der Waals surface area contributed by atoms with Gasteiger partial charge in [-0.2, -0.15) is 0 Å². The molecule has 152 valence electrons. The van der Waals surface area contributed by atoms with Gasteiger partial charge in [-0.1, -0.05) is 12.1 Å². The molecule has 0 atom stereocenters. The van der Waals surface area contributed by atoms with Gasteiger partial charge in [0.05, 0.1) is 17.7 Å². The van der Waals surface area contributed by atoms with Gasteiger partial charge in [0, 0.05) is 34.6 Å². The van der Waals surface area contributed by atoms with Crippen molar-refractivity contribution >= 4 is 27.0 Å². The van der Waals surface area contributed by atoms with E-state index in [0.717, 1.165) is 27.4 Å². The summed E-state index contributed by atoms with van der Waals surface area (Å²) in [5.74, 6) is 0.646. The second-order valence-electron chi connectivity index (χ2n) is 6.59. The molecule has 0 spiro atoms. The monoisotopic (exact) mass is 437 g/mol. The van der Waals surface area contributed by atoms with Crippen LogP contribution >= 0.6 is 11.3 Å². The van der Waals surface area contributed by atoms with Crippen LogP contribution in [0.5, 0.6) is 5.75 Å². The van der Waals surface area contributed by atoms with E-state index >= 15 is 0 Å². The van der Waals surface area contributed by atoms with Crippen LogP contribution < -0.4 is 9.46 Å². The summed E-state index contributed by atoms with van der Waals surface area (Å²) < 4.78 is 33.2. The molecule has 0 fully saturated rings. The van der Waals surface area contributed by atoms with Crippen molar-refractivity contribution in [2.24, 2.45) is 0 Å². The number of rotatable bonds is 6. The molecular formula is C22H19N3O3S2. The largest absolute Gasteiger partial charge is 0.496 e. The van der Waals surface area contributed by atoms with Gasteiger partial charge in [0.25, 0.3) is 10.0 Å². The predicted octanol–water partition coefficient (Wildman–Crippen LogP) is 4.99. The Bertz CT molecular complexity index is 1270. The fourth-order valence-corrected chi connectivity index (χ4v) is 4.95. The number of hydrogen-bond acceptors (Lipinski definition) is 6. The fraction of sp³-hybridized carbons (Fsp3) is 0.0909. The zero-order chi connectivity index (χ0) is 21.1. The Morgan fingerprint density at radius 2 is 1.70 bits per heavy atom. The molecule has 2 aromatic heterocycles. The first-order chi connectivity index (χ1) is 14.5. The lowest BCUT2D eigenvalue weighted by atomic mass is 10.1. The molecule has 0 saturated carbocycles. The van der Waals surface area contributed by atoms with Crippen LogP contribution in [-0.4, -0.2) is 25.5 Å². The number of pyridine rings is 1. The summed E-state index contributed by atoms with van der Waals surface area (Å²) in [5.41, 5.74) is 4.00. The Morgan fingerprint density at radius 3 is 2.37 bits per heavy atom. The van der Waals surface area contributed by atoms with Crippen LogP contribution in [0.1, 0.15) is 5.56 Å². The molecule has 4 aromatic rings. The molecule has 0 aliphatic heterocycles. The number of sulfonamides is 1. The van der Waals surface area contributed by atoms with Crippen molar-refractivity contribution < 1.29 is 13.2 Å². The third kappa shape index (κ3) is 4.19. The Morgan fingerprint density at radius 1 is 0.967 bits per heavy atom. The predicted molar refractivity (Wildman–Crippen MR) is 119 cm³/mol. The first-order valence-corrected chi connectivity index (χ1v) is 11.5. The molecule has 0 aliphatic carbocycles. The van der Waals surface area contributed by atoms with Crippen LogP contribution in [0.3, 0.4) is 0 Å². The number of methoxy groups -OCH3 is 1. The number of thiazole rings is 1. The molecule has 0 amide bonds. The van der Waals surface area contributed by atoms with Crippen molar-refractivity contribution in [2.45, 2.75) is 11.8 Å². The highest BCUT2D eigenvalue weighted by Crippen LogP contribution is 2.29. The van der Waals surface area contributed by atoms with Gasteiger partial charge in [0.2, 0.25) is 0 Å². The van der Waals surface area contributed by atoms with Crippen molar-refractivity contribution in [3.8, 4) is 27.6 Å². The number of ether oxygens (including phenoxy) is 1. The Balaban J connectivity index is 1.53. The molecule has 30 heavy (non-hydrogen) atoms. The van der Waals surface area contributed by atoms with Crippen LogP contribution in [0.25, 0.3) is 21.8 Å². The standard InChI is InChI=1S/C22H19N3O3S2/c1-15-13-19(7-8-21(15)28-2)30(26,27)25-18-5-3-16(4-6-18)20-14-29-22(24-20)17-9-11-23-12-10-17/h3-14,25H,1-2H3. The molecule has 1 N–H and O–H groups in total. The second-order valence-corrected chi connectivity index (χ2v) is 9.13. The molecule has 6 nitrogen and oxygen atoms in total. The maximum absolute atomic E-state index is 12.7. The summed E-state index contributed by atoms with van der Waals surface area (Å²) in [5, 5.41) is 2.89. The van der Waals surface area contributed by atoms with Crippen LogP contribution in [0.15, 0.2) is 77.3 Å². The molecule has 0 aliphatic rings. The van der Waals surface area contributed by atoms with Crippen LogP contribution in [0, 0.1) is 6.92 Å². The maximum Gasteiger partial charge on any atom is 0.261 e. The van der Waals surface area contributed by atoms with Gasteiger partial charge < -0.3 is 4.74 Å². The number of nitrogens with zero attached hydrogens (tertiary/aromatic N) is 2. The lowest BCUT2D eigenvalue weighted by molar-refractivity contribution is 0.411. The van der Waals surface area contributed by atoms with Gasteiger partial charge in [-0.05, 0) is 55.0 Å². The summed E-state index contributed by atoms with van der Waals surface area (Å²) in [4.78, 5) is 8.88. The van der Waals surface area contributed by atoms with E-state index in [4.69, 9.17) is 4.74 Å². The smallest absolute Gasteiger partial charge is 0.261 e. The zero-order valence-corrected chi connectivity index (χ0v) is 18.0. The number of benzene rings is 2. The lowest BCUT2D eigenvalue weighted by Crippen LogP contribution is -2.13. The molecular weight excluding hydrogens is 418 g/mol. The SMILES string of the molecule is COc1ccc(S(=O)(=O)Nc2ccc(-c3csc(-c4ccncc4)n3)cc2)cc1C. The average Bonchev–Trinajstić information content (AvgIpc) is 3.25. The van der Waals surface area contributed by atoms with Crippen molar-refractivity contribution in [1.82, 2.24) is 9.97 Å². The topological polar surface area (TPSA) is 81.2 Å². The Hall–Kier alpha value is -3.23. The molecule has 8 heteroatoms. The van der Waals surface area contributed by atoms with E-state index in [2.05, 4.69) is 14.7 Å². The Kier molecular flexibility index (Phi) is 5.52. The highest BCUT2D eigenvalue weighted by molar-refractivity contribution is 7.92. The quantitative estimate of drug-likeness (QED) is 0.460. The zero-order valence-electron chi connectivity index (χ0n) is 16.4. The minimum atomic E-state index is -3.70. The summed E-state index contributed by atoms with van der Waals surface area (Å²) in [7, 11) is -2.14. The van der Waals surface area contributed by atoms with Crippen LogP contribution in [0.2, 0.25) is 0 Å². The molecule has 2 heterocycles. The van der Waals surface area contributed by atoms with E-state index in [1.54, 1.807) is 62.0 Å². The summed E-state index contributed by atoms with van der Waals surface area (Å²) >= 11 is 1.55. The number of aryl methyl sites for hydroxylation is 1. The number of hydrogen-bond donors (Lipinski definition) is 1. The normalized spacial score (nSPS) is 11.3. The van der Waals surface area contributed by atoms with E-state index in [9.17, 15) is 8.42 Å². The first-order valence-electron chi connectivity index (χ1n) is 9.10. The fourth-order valence-electron chi connectivity index (χ4n) is 2.97. The first kappa shape index (κ1) is 20.1. The number of nitrogens with one attached hydrogen (secondary N) is 1. The van der Waals surface area contributed by atoms with E-state index in [-0.39, 0.29) is 4.90 Å². The van der Waals surface area contributed by atoms with Crippen molar-refractivity contribution in [3.05, 3.63) is 77.9 Å². The third-order valence-corrected chi connectivity index (χ3v) is 6.81. The molecule has 0 unspecified atom stereocenters. The lowest BCUT2D eigenvalue weighted by Gasteiger charge is -2.11. The van der Waals surface area contributed by atoms with E-state index < -0.39 is 10.0 Å². The van der Waals surface area contributed by atoms with Gasteiger partial charge in [-0.3, -0.25) is 9.71 Å². The van der Waals surface area contributed by atoms with E-state index in [1.807, 2.05) is 29.6 Å². The minimum absolute atomic E-state index is 0.186. The Labute approximate surface area is 179 Å². The molecule has 0 bridgehead atoms. The summed E-state index contributed by atoms with van der Waals surface area (Å²) in [6, 6.07) is 15.8. The maximum atomic E-state index is 12.7. The third-order valence-electron chi connectivity index (χ3n) is 4.54. The van der Waals surface area contributed by atoms with Crippen LogP contribution in [0.4, 0.5) is 5.69 Å². The van der Waals surface area contributed by atoms with Gasteiger partial charge in [0.1, 0.15) is 10.8 Å². The van der Waals surface area contributed by atoms with E-state index in [1.165, 1.54) is 6.07 Å². The minimum Gasteiger partial charge on any atom is -0.496 e. The van der Waals surface area contributed by atoms with Gasteiger partial charge >= 0.3 is 0 Å². The molecule has 0 radical (unpaired) electrons. The van der Waals surface area contributed by atoms with Crippen LogP contribution in [-0.2, 0) is 10.0 Å². The number of aromatic nitrogens is 2. The second kappa shape index (κ2) is 8.25. The summed E-state index contributed by atoms with van der Waals surface area (Å²) in [6.07, 6.45) is 3.48.